The molecular weight excluding hydrogens is 272 g/mol. The van der Waals surface area contributed by atoms with Crippen LogP contribution in [0, 0.1) is 5.41 Å². The summed E-state index contributed by atoms with van der Waals surface area (Å²) < 4.78 is 11.1. The van der Waals surface area contributed by atoms with E-state index in [2.05, 4.69) is 0 Å². The van der Waals surface area contributed by atoms with Gasteiger partial charge in [0, 0.05) is 5.75 Å². The van der Waals surface area contributed by atoms with Crippen LogP contribution in [-0.2, 0) is 14.3 Å². The van der Waals surface area contributed by atoms with Gasteiger partial charge >= 0.3 is 5.97 Å². The van der Waals surface area contributed by atoms with Gasteiger partial charge in [0.1, 0.15) is 0 Å². The molecule has 0 aromatic rings. The van der Waals surface area contributed by atoms with Crippen molar-refractivity contribution in [2.75, 3.05) is 18.6 Å². The lowest BCUT2D eigenvalue weighted by molar-refractivity contribution is -0.141. The van der Waals surface area contributed by atoms with Crippen molar-refractivity contribution < 1.29 is 14.3 Å². The zero-order valence-corrected chi connectivity index (χ0v) is 13.3. The van der Waals surface area contributed by atoms with Crippen LogP contribution < -0.4 is 0 Å². The predicted octanol–water partition coefficient (Wildman–Crippen LogP) is 3.55. The predicted molar refractivity (Wildman–Crippen MR) is 80.9 cm³/mol. The second kappa shape index (κ2) is 5.88. The summed E-state index contributed by atoms with van der Waals surface area (Å²) in [5.41, 5.74) is 0.510. The third kappa shape index (κ3) is 3.33. The molecule has 3 aliphatic rings. The Morgan fingerprint density at radius 3 is 2.65 bits per heavy atom. The highest BCUT2D eigenvalue weighted by Gasteiger charge is 2.45. The molecule has 1 spiro atoms. The number of ether oxygens (including phenoxy) is 2. The van der Waals surface area contributed by atoms with Gasteiger partial charge in [0.15, 0.2) is 0 Å². The molecule has 20 heavy (non-hydrogen) atoms. The lowest BCUT2D eigenvalue weighted by atomic mass is 9.98. The first kappa shape index (κ1) is 14.7. The van der Waals surface area contributed by atoms with Crippen molar-refractivity contribution in [1.29, 1.82) is 0 Å². The van der Waals surface area contributed by atoms with Gasteiger partial charge in [-0.1, -0.05) is 12.8 Å². The van der Waals surface area contributed by atoms with Crippen LogP contribution in [0.4, 0.5) is 0 Å². The molecule has 4 heteroatoms. The monoisotopic (exact) mass is 298 g/mol. The van der Waals surface area contributed by atoms with Crippen LogP contribution >= 0.6 is 11.8 Å². The summed E-state index contributed by atoms with van der Waals surface area (Å²) in [5, 5.41) is 0. The van der Waals surface area contributed by atoms with E-state index in [0.717, 1.165) is 11.5 Å². The number of esters is 1. The summed E-state index contributed by atoms with van der Waals surface area (Å²) in [6, 6.07) is 0. The summed E-state index contributed by atoms with van der Waals surface area (Å²) in [5.74, 6) is 2.14. The van der Waals surface area contributed by atoms with Gasteiger partial charge in [-0.05, 0) is 49.7 Å². The summed E-state index contributed by atoms with van der Waals surface area (Å²) in [6.45, 7) is 0. The van der Waals surface area contributed by atoms with Gasteiger partial charge in [0.05, 0.1) is 25.2 Å². The topological polar surface area (TPSA) is 35.5 Å². The van der Waals surface area contributed by atoms with E-state index >= 15 is 0 Å². The zero-order valence-electron chi connectivity index (χ0n) is 12.5. The highest BCUT2D eigenvalue weighted by Crippen LogP contribution is 2.51. The van der Waals surface area contributed by atoms with E-state index in [4.69, 9.17) is 9.47 Å². The molecule has 0 radical (unpaired) electrons. The third-order valence-electron chi connectivity index (χ3n) is 5.27. The van der Waals surface area contributed by atoms with E-state index in [1.54, 1.807) is 0 Å². The molecule has 0 bridgehead atoms. The first-order valence-electron chi connectivity index (χ1n) is 7.98. The highest BCUT2D eigenvalue weighted by molar-refractivity contribution is 7.99. The zero-order chi connectivity index (χ0) is 14.1. The van der Waals surface area contributed by atoms with E-state index in [-0.39, 0.29) is 17.0 Å². The molecule has 1 unspecified atom stereocenters. The summed E-state index contributed by atoms with van der Waals surface area (Å²) in [7, 11) is 1.49. The van der Waals surface area contributed by atoms with Crippen molar-refractivity contribution in [3.8, 4) is 0 Å². The normalized spacial score (nSPS) is 29.8. The summed E-state index contributed by atoms with van der Waals surface area (Å²) in [4.78, 5) is 11.4. The van der Waals surface area contributed by atoms with E-state index < -0.39 is 0 Å². The van der Waals surface area contributed by atoms with Crippen LogP contribution in [0.15, 0.2) is 0 Å². The van der Waals surface area contributed by atoms with Gasteiger partial charge in [-0.2, -0.15) is 11.8 Å². The minimum absolute atomic E-state index is 0.0508. The molecule has 0 aromatic carbocycles. The smallest absolute Gasteiger partial charge is 0.306 e. The lowest BCUT2D eigenvalue weighted by Crippen LogP contribution is -2.25. The van der Waals surface area contributed by atoms with Crippen molar-refractivity contribution >= 4 is 17.7 Å². The van der Waals surface area contributed by atoms with Crippen LogP contribution in [-0.4, -0.2) is 36.3 Å². The van der Waals surface area contributed by atoms with E-state index in [9.17, 15) is 4.79 Å². The Labute approximate surface area is 126 Å². The van der Waals surface area contributed by atoms with Crippen LogP contribution in [0.1, 0.15) is 57.8 Å². The number of rotatable bonds is 6. The lowest BCUT2D eigenvalue weighted by Gasteiger charge is -2.24. The molecule has 1 atom stereocenters. The Balaban J connectivity index is 1.37. The average Bonchev–Trinajstić information content (AvgIpc) is 2.89. The van der Waals surface area contributed by atoms with Gasteiger partial charge < -0.3 is 9.47 Å². The number of hydrogen-bond donors (Lipinski definition) is 0. The molecule has 0 N–H and O–H groups in total. The molecule has 2 saturated carbocycles. The van der Waals surface area contributed by atoms with Gasteiger partial charge in [-0.3, -0.25) is 4.79 Å². The van der Waals surface area contributed by atoms with Crippen molar-refractivity contribution in [2.45, 2.75) is 69.5 Å². The van der Waals surface area contributed by atoms with Gasteiger partial charge in [-0.15, -0.1) is 0 Å². The molecule has 0 amide bonds. The Morgan fingerprint density at radius 2 is 2.00 bits per heavy atom. The maximum absolute atomic E-state index is 11.4. The first-order valence-corrected chi connectivity index (χ1v) is 9.13. The molecule has 3 nitrogen and oxygen atoms in total. The number of hydrogen-bond acceptors (Lipinski definition) is 4. The molecular formula is C16H26O3S. The number of thioether (sulfide) groups is 1. The van der Waals surface area contributed by atoms with E-state index in [1.807, 2.05) is 11.8 Å². The Kier molecular flexibility index (Phi) is 4.32. The fourth-order valence-corrected chi connectivity index (χ4v) is 5.17. The van der Waals surface area contributed by atoms with Crippen LogP contribution in [0.2, 0.25) is 0 Å². The molecule has 2 aliphatic carbocycles. The Hall–Kier alpha value is -0.220. The minimum Gasteiger partial charge on any atom is -0.469 e. The maximum Gasteiger partial charge on any atom is 0.306 e. The minimum atomic E-state index is -0.0508. The van der Waals surface area contributed by atoms with Crippen LogP contribution in [0.5, 0.6) is 0 Å². The number of carbonyl (C=O) groups is 1. The number of carbonyl (C=O) groups excluding carboxylic acids is 1. The number of methoxy groups -OCH3 is 1. The summed E-state index contributed by atoms with van der Waals surface area (Å²) >= 11 is 1.98. The molecule has 114 valence electrons. The van der Waals surface area contributed by atoms with Gasteiger partial charge in [-0.25, -0.2) is 0 Å². The highest BCUT2D eigenvalue weighted by atomic mass is 32.2. The first-order chi connectivity index (χ1) is 9.65. The Bertz CT molecular complexity index is 359. The third-order valence-corrected chi connectivity index (χ3v) is 6.69. The molecule has 0 aromatic heterocycles. The van der Waals surface area contributed by atoms with Crippen molar-refractivity contribution in [1.82, 2.24) is 0 Å². The SMILES string of the molecule is COC(=O)CC1(CSCC2CCC3(CCCC3)O2)CC1. The second-order valence-electron chi connectivity index (χ2n) is 6.94. The quantitative estimate of drug-likeness (QED) is 0.703. The summed E-state index contributed by atoms with van der Waals surface area (Å²) in [6.07, 6.45) is 11.2. The fourth-order valence-electron chi connectivity index (χ4n) is 3.73. The molecule has 1 saturated heterocycles. The standard InChI is InChI=1S/C16H26O3S/c1-18-14(17)10-15(8-9-15)12-20-11-13-4-7-16(19-13)5-2-3-6-16/h13H,2-12H2,1H3. The second-order valence-corrected chi connectivity index (χ2v) is 7.97. The molecule has 3 fully saturated rings. The van der Waals surface area contributed by atoms with Crippen LogP contribution in [0.25, 0.3) is 0 Å². The fraction of sp³-hybridized carbons (Fsp3) is 0.938. The molecule has 1 heterocycles. The van der Waals surface area contributed by atoms with Gasteiger partial charge in [0.25, 0.3) is 0 Å². The van der Waals surface area contributed by atoms with E-state index in [0.29, 0.717) is 12.5 Å². The van der Waals surface area contributed by atoms with Gasteiger partial charge in [0.2, 0.25) is 0 Å². The molecule has 3 rings (SSSR count). The largest absolute Gasteiger partial charge is 0.469 e. The van der Waals surface area contributed by atoms with Crippen molar-refractivity contribution in [3.05, 3.63) is 0 Å². The van der Waals surface area contributed by atoms with Crippen LogP contribution in [0.3, 0.4) is 0 Å². The van der Waals surface area contributed by atoms with E-state index in [1.165, 1.54) is 58.5 Å². The molecule has 1 aliphatic heterocycles. The Morgan fingerprint density at radius 1 is 1.25 bits per heavy atom. The van der Waals surface area contributed by atoms with Crippen molar-refractivity contribution in [3.63, 3.8) is 0 Å². The maximum atomic E-state index is 11.4. The average molecular weight is 298 g/mol. The van der Waals surface area contributed by atoms with Crippen molar-refractivity contribution in [2.24, 2.45) is 5.41 Å².